The highest BCUT2D eigenvalue weighted by molar-refractivity contribution is 7.93. The van der Waals surface area contributed by atoms with Gasteiger partial charge in [-0.15, -0.1) is 11.3 Å². The maximum atomic E-state index is 12.6. The molecule has 1 amide bonds. The number of ether oxygens (including phenoxy) is 1. The Bertz CT molecular complexity index is 992. The molecule has 2 saturated heterocycles. The Kier molecular flexibility index (Phi) is 4.87. The number of thiazole rings is 1. The van der Waals surface area contributed by atoms with E-state index in [1.807, 2.05) is 4.90 Å². The molecular weight excluding hydrogens is 410 g/mol. The van der Waals surface area contributed by atoms with Crippen LogP contribution in [0.2, 0.25) is 5.02 Å². The number of aromatic nitrogens is 1. The summed E-state index contributed by atoms with van der Waals surface area (Å²) < 4.78 is 33.2. The number of halogens is 1. The molecule has 0 saturated carbocycles. The van der Waals surface area contributed by atoms with Gasteiger partial charge in [0.2, 0.25) is 5.91 Å². The van der Waals surface area contributed by atoms with Gasteiger partial charge >= 0.3 is 0 Å². The topological polar surface area (TPSA) is 88.6 Å². The van der Waals surface area contributed by atoms with E-state index < -0.39 is 10.0 Å². The van der Waals surface area contributed by atoms with E-state index in [-0.39, 0.29) is 34.5 Å². The normalized spacial score (nSPS) is 21.6. The Morgan fingerprint density at radius 3 is 3.00 bits per heavy atom. The number of likely N-dealkylation sites (tertiary alicyclic amines) is 1. The fourth-order valence-electron chi connectivity index (χ4n) is 3.45. The van der Waals surface area contributed by atoms with Crippen LogP contribution in [-0.4, -0.2) is 49.5 Å². The first kappa shape index (κ1) is 18.7. The van der Waals surface area contributed by atoms with Gasteiger partial charge in [0.15, 0.2) is 5.13 Å². The lowest BCUT2D eigenvalue weighted by Gasteiger charge is -2.26. The largest absolute Gasteiger partial charge is 0.374 e. The number of anilines is 1. The second kappa shape index (κ2) is 7.05. The molecule has 144 valence electrons. The zero-order valence-corrected chi connectivity index (χ0v) is 16.9. The molecule has 1 aromatic heterocycles. The van der Waals surface area contributed by atoms with E-state index in [0.717, 1.165) is 17.8 Å². The highest BCUT2D eigenvalue weighted by atomic mass is 35.5. The lowest BCUT2D eigenvalue weighted by Crippen LogP contribution is -2.42. The first-order valence-corrected chi connectivity index (χ1v) is 11.2. The molecule has 27 heavy (non-hydrogen) atoms. The molecule has 2 atom stereocenters. The summed E-state index contributed by atoms with van der Waals surface area (Å²) in [6.07, 6.45) is 1.20. The van der Waals surface area contributed by atoms with Crippen molar-refractivity contribution >= 4 is 44.0 Å². The summed E-state index contributed by atoms with van der Waals surface area (Å²) in [5.41, 5.74) is 1.03. The van der Waals surface area contributed by atoms with E-state index in [1.54, 1.807) is 24.4 Å². The molecule has 4 rings (SSSR count). The summed E-state index contributed by atoms with van der Waals surface area (Å²) in [4.78, 5) is 18.7. The van der Waals surface area contributed by atoms with E-state index in [2.05, 4.69) is 9.71 Å². The van der Waals surface area contributed by atoms with E-state index in [1.165, 1.54) is 6.07 Å². The molecule has 2 aliphatic rings. The smallest absolute Gasteiger partial charge is 0.263 e. The summed E-state index contributed by atoms with van der Waals surface area (Å²) in [5, 5.41) is 2.31. The monoisotopic (exact) mass is 427 g/mol. The number of carbonyl (C=O) groups is 1. The number of morpholine rings is 1. The summed E-state index contributed by atoms with van der Waals surface area (Å²) in [7, 11) is -3.80. The zero-order valence-electron chi connectivity index (χ0n) is 14.5. The molecule has 1 N–H and O–H groups in total. The van der Waals surface area contributed by atoms with Crippen molar-refractivity contribution in [2.24, 2.45) is 0 Å². The fraction of sp³-hybridized carbons (Fsp3) is 0.412. The van der Waals surface area contributed by atoms with Crippen molar-refractivity contribution in [1.29, 1.82) is 0 Å². The van der Waals surface area contributed by atoms with Crippen molar-refractivity contribution in [2.75, 3.05) is 17.9 Å². The number of fused-ring (bicyclic) bond motifs is 2. The third kappa shape index (κ3) is 3.69. The molecule has 2 bridgehead atoms. The number of hydrogen-bond acceptors (Lipinski definition) is 6. The van der Waals surface area contributed by atoms with Gasteiger partial charge in [0.1, 0.15) is 0 Å². The highest BCUT2D eigenvalue weighted by Gasteiger charge is 2.41. The van der Waals surface area contributed by atoms with Gasteiger partial charge in [0, 0.05) is 16.9 Å². The summed E-state index contributed by atoms with van der Waals surface area (Å²) in [6.45, 7) is 2.87. The van der Waals surface area contributed by atoms with Crippen molar-refractivity contribution in [2.45, 2.75) is 36.8 Å². The molecule has 0 radical (unpaired) electrons. The maximum absolute atomic E-state index is 12.6. The Hall–Kier alpha value is -1.68. The van der Waals surface area contributed by atoms with Crippen LogP contribution < -0.4 is 4.72 Å². The van der Waals surface area contributed by atoms with Gasteiger partial charge in [0.25, 0.3) is 10.0 Å². The molecule has 0 spiro atoms. The van der Waals surface area contributed by atoms with Gasteiger partial charge in [-0.3, -0.25) is 9.52 Å². The highest BCUT2D eigenvalue weighted by Crippen LogP contribution is 2.29. The first-order chi connectivity index (χ1) is 12.8. The summed E-state index contributed by atoms with van der Waals surface area (Å²) in [5.74, 6) is -0.00353. The van der Waals surface area contributed by atoms with E-state index in [4.69, 9.17) is 16.3 Å². The molecule has 0 aliphatic carbocycles. The van der Waals surface area contributed by atoms with Crippen LogP contribution in [0.25, 0.3) is 0 Å². The number of nitrogens with one attached hydrogen (secondary N) is 1. The maximum Gasteiger partial charge on any atom is 0.263 e. The van der Waals surface area contributed by atoms with Crippen LogP contribution in [0.3, 0.4) is 0 Å². The number of sulfonamides is 1. The third-order valence-corrected chi connectivity index (χ3v) is 7.66. The van der Waals surface area contributed by atoms with Crippen molar-refractivity contribution in [3.63, 3.8) is 0 Å². The predicted octanol–water partition coefficient (Wildman–Crippen LogP) is 2.45. The third-order valence-electron chi connectivity index (χ3n) is 4.83. The average Bonchev–Trinajstić information content (AvgIpc) is 3.34. The average molecular weight is 428 g/mol. The second-order valence-corrected chi connectivity index (χ2v) is 9.60. The number of nitrogens with zero attached hydrogens (tertiary/aromatic N) is 2. The standard InChI is InChI=1S/C17H18ClN3O4S2/c1-10-14(18)3-2-4-15(10)27(23,24)20-17-19-11(9-26-17)5-16(22)21-7-13-6-12(21)8-25-13/h2-4,9,12-13H,5-8H2,1H3,(H,19,20). The SMILES string of the molecule is Cc1c(Cl)cccc1S(=O)(=O)Nc1nc(CC(=O)N2CC3CC2CO3)cs1. The Morgan fingerprint density at radius 2 is 2.30 bits per heavy atom. The minimum absolute atomic E-state index is 0.00353. The molecule has 10 heteroatoms. The molecule has 2 aliphatic heterocycles. The minimum Gasteiger partial charge on any atom is -0.374 e. The molecule has 1 aromatic carbocycles. The number of amides is 1. The van der Waals surface area contributed by atoms with E-state index >= 15 is 0 Å². The second-order valence-electron chi connectivity index (χ2n) is 6.68. The Balaban J connectivity index is 1.45. The van der Waals surface area contributed by atoms with Crippen LogP contribution in [0.4, 0.5) is 5.13 Å². The molecule has 2 aromatic rings. The van der Waals surface area contributed by atoms with Crippen molar-refractivity contribution in [1.82, 2.24) is 9.88 Å². The summed E-state index contributed by atoms with van der Waals surface area (Å²) >= 11 is 7.17. The van der Waals surface area contributed by atoms with Crippen LogP contribution in [0.1, 0.15) is 17.7 Å². The van der Waals surface area contributed by atoms with Gasteiger partial charge in [-0.25, -0.2) is 13.4 Å². The zero-order chi connectivity index (χ0) is 19.2. The van der Waals surface area contributed by atoms with Crippen LogP contribution in [0.5, 0.6) is 0 Å². The quantitative estimate of drug-likeness (QED) is 0.791. The molecule has 2 unspecified atom stereocenters. The van der Waals surface area contributed by atoms with Crippen molar-refractivity contribution < 1.29 is 17.9 Å². The molecule has 3 heterocycles. The predicted molar refractivity (Wildman–Crippen MR) is 103 cm³/mol. The molecule has 2 fully saturated rings. The molecule has 7 nitrogen and oxygen atoms in total. The minimum atomic E-state index is -3.80. The van der Waals surface area contributed by atoms with Gasteiger partial charge in [-0.05, 0) is 31.0 Å². The van der Waals surface area contributed by atoms with Crippen LogP contribution in [-0.2, 0) is 26.0 Å². The summed E-state index contributed by atoms with van der Waals surface area (Å²) in [6, 6.07) is 4.87. The van der Waals surface area contributed by atoms with E-state index in [9.17, 15) is 13.2 Å². The number of rotatable bonds is 5. The van der Waals surface area contributed by atoms with Crippen molar-refractivity contribution in [3.05, 3.63) is 39.9 Å². The van der Waals surface area contributed by atoms with Gasteiger partial charge in [-0.1, -0.05) is 17.7 Å². The van der Waals surface area contributed by atoms with E-state index in [0.29, 0.717) is 29.4 Å². The van der Waals surface area contributed by atoms with Gasteiger partial charge < -0.3 is 9.64 Å². The lowest BCUT2D eigenvalue weighted by molar-refractivity contribution is -0.134. The van der Waals surface area contributed by atoms with Crippen LogP contribution >= 0.6 is 22.9 Å². The first-order valence-electron chi connectivity index (χ1n) is 8.47. The number of carbonyl (C=O) groups excluding carboxylic acids is 1. The molecular formula is C17H18ClN3O4S2. The van der Waals surface area contributed by atoms with Crippen LogP contribution in [0, 0.1) is 6.92 Å². The van der Waals surface area contributed by atoms with Gasteiger partial charge in [-0.2, -0.15) is 0 Å². The number of hydrogen-bond donors (Lipinski definition) is 1. The Morgan fingerprint density at radius 1 is 1.48 bits per heavy atom. The Labute approximate surface area is 166 Å². The number of benzene rings is 1. The van der Waals surface area contributed by atoms with Crippen molar-refractivity contribution in [3.8, 4) is 0 Å². The van der Waals surface area contributed by atoms with Gasteiger partial charge in [0.05, 0.1) is 35.8 Å². The lowest BCUT2D eigenvalue weighted by atomic mass is 10.2. The fourth-order valence-corrected chi connectivity index (χ4v) is 5.91. The van der Waals surface area contributed by atoms with Crippen LogP contribution in [0.15, 0.2) is 28.5 Å².